The Labute approximate surface area is 122 Å². The van der Waals surface area contributed by atoms with E-state index in [1.807, 2.05) is 0 Å². The van der Waals surface area contributed by atoms with Crippen LogP contribution in [0.1, 0.15) is 12.8 Å². The molecular weight excluding hydrogens is 291 g/mol. The summed E-state index contributed by atoms with van der Waals surface area (Å²) < 4.78 is 5.62. The molecule has 1 heterocycles. The second-order valence-electron chi connectivity index (χ2n) is 4.40. The van der Waals surface area contributed by atoms with E-state index >= 15 is 0 Å². The molecule has 1 N–H and O–H groups in total. The van der Waals surface area contributed by atoms with Crippen molar-refractivity contribution in [3.05, 3.63) is 33.3 Å². The molecule has 0 spiro atoms. The quantitative estimate of drug-likeness (QED) is 0.686. The average Bonchev–Trinajstić information content (AvgIpc) is 2.38. The van der Waals surface area contributed by atoms with Crippen molar-refractivity contribution >= 4 is 29.7 Å². The molecule has 1 aliphatic rings. The zero-order chi connectivity index (χ0) is 13.0. The number of benzene rings is 1. The molecule has 1 unspecified atom stereocenters. The minimum Gasteiger partial charge on any atom is -0.492 e. The van der Waals surface area contributed by atoms with Crippen molar-refractivity contribution in [3.63, 3.8) is 0 Å². The summed E-state index contributed by atoms with van der Waals surface area (Å²) in [4.78, 5) is 10.1. The fourth-order valence-electron chi connectivity index (χ4n) is 1.99. The first-order chi connectivity index (χ1) is 8.66. The molecule has 0 amide bonds. The molecule has 1 aromatic carbocycles. The summed E-state index contributed by atoms with van der Waals surface area (Å²) in [6.07, 6.45) is 2.29. The number of ether oxygens (including phenoxy) is 1. The highest BCUT2D eigenvalue weighted by atomic mass is 35.5. The Bertz CT molecular complexity index is 437. The lowest BCUT2D eigenvalue weighted by Gasteiger charge is -2.22. The van der Waals surface area contributed by atoms with Gasteiger partial charge in [0.15, 0.2) is 0 Å². The van der Waals surface area contributed by atoms with Gasteiger partial charge in [-0.2, -0.15) is 0 Å². The first kappa shape index (κ1) is 16.0. The van der Waals surface area contributed by atoms with E-state index in [0.29, 0.717) is 18.3 Å². The number of nitro groups is 1. The van der Waals surface area contributed by atoms with Crippen LogP contribution in [0.25, 0.3) is 0 Å². The van der Waals surface area contributed by atoms with Crippen LogP contribution in [0, 0.1) is 16.0 Å². The van der Waals surface area contributed by atoms with Crippen molar-refractivity contribution in [2.24, 2.45) is 5.92 Å². The summed E-state index contributed by atoms with van der Waals surface area (Å²) in [5.74, 6) is 0.984. The summed E-state index contributed by atoms with van der Waals surface area (Å²) in [6, 6.07) is 4.27. The van der Waals surface area contributed by atoms with Gasteiger partial charge in [-0.25, -0.2) is 0 Å². The number of hydrogen-bond donors (Lipinski definition) is 1. The number of nitrogens with one attached hydrogen (secondary N) is 1. The monoisotopic (exact) mass is 306 g/mol. The highest BCUT2D eigenvalue weighted by Gasteiger charge is 2.15. The zero-order valence-corrected chi connectivity index (χ0v) is 11.9. The molecule has 1 aromatic rings. The smallest absolute Gasteiger partial charge is 0.271 e. The Balaban J connectivity index is 0.00000180. The van der Waals surface area contributed by atoms with E-state index in [1.54, 1.807) is 6.07 Å². The molecule has 1 saturated heterocycles. The molecule has 106 valence electrons. The Morgan fingerprint density at radius 1 is 1.53 bits per heavy atom. The molecule has 1 fully saturated rings. The van der Waals surface area contributed by atoms with Crippen LogP contribution >= 0.6 is 24.0 Å². The van der Waals surface area contributed by atoms with Gasteiger partial charge in [-0.3, -0.25) is 10.1 Å². The Morgan fingerprint density at radius 2 is 2.32 bits per heavy atom. The minimum atomic E-state index is -0.472. The highest BCUT2D eigenvalue weighted by Crippen LogP contribution is 2.29. The maximum absolute atomic E-state index is 10.6. The van der Waals surface area contributed by atoms with Crippen LogP contribution in [0.4, 0.5) is 5.69 Å². The number of halogens is 2. The van der Waals surface area contributed by atoms with Crippen LogP contribution in [0.5, 0.6) is 5.75 Å². The van der Waals surface area contributed by atoms with E-state index in [0.717, 1.165) is 25.9 Å². The van der Waals surface area contributed by atoms with Crippen LogP contribution in [-0.4, -0.2) is 24.6 Å². The lowest BCUT2D eigenvalue weighted by atomic mass is 10.0. The first-order valence-electron chi connectivity index (χ1n) is 5.94. The molecule has 0 bridgehead atoms. The number of hydrogen-bond acceptors (Lipinski definition) is 4. The fourth-order valence-corrected chi connectivity index (χ4v) is 2.22. The van der Waals surface area contributed by atoms with Crippen molar-refractivity contribution in [3.8, 4) is 5.75 Å². The maximum atomic E-state index is 10.6. The molecule has 19 heavy (non-hydrogen) atoms. The second-order valence-corrected chi connectivity index (χ2v) is 4.80. The van der Waals surface area contributed by atoms with E-state index in [2.05, 4.69) is 5.32 Å². The van der Waals surface area contributed by atoms with Gasteiger partial charge in [0.25, 0.3) is 5.69 Å². The first-order valence-corrected chi connectivity index (χ1v) is 6.32. The van der Waals surface area contributed by atoms with E-state index in [9.17, 15) is 10.1 Å². The molecule has 1 aliphatic heterocycles. The predicted octanol–water partition coefficient (Wildman–Crippen LogP) is 3.05. The average molecular weight is 307 g/mol. The topological polar surface area (TPSA) is 64.4 Å². The Hall–Kier alpha value is -1.04. The van der Waals surface area contributed by atoms with Crippen LogP contribution in [0.3, 0.4) is 0 Å². The summed E-state index contributed by atoms with van der Waals surface area (Å²) in [5, 5.41) is 14.2. The summed E-state index contributed by atoms with van der Waals surface area (Å²) in [7, 11) is 0. The molecule has 0 aromatic heterocycles. The van der Waals surface area contributed by atoms with Crippen molar-refractivity contribution < 1.29 is 9.66 Å². The van der Waals surface area contributed by atoms with Crippen molar-refractivity contribution in [1.29, 1.82) is 0 Å². The SMILES string of the molecule is Cl.O=[N+]([O-])c1ccc(OCC2CCCNC2)c(Cl)c1. The molecule has 0 aliphatic carbocycles. The molecule has 1 atom stereocenters. The van der Waals surface area contributed by atoms with Gasteiger partial charge >= 0.3 is 0 Å². The molecule has 2 rings (SSSR count). The molecule has 0 radical (unpaired) electrons. The lowest BCUT2D eigenvalue weighted by Crippen LogP contribution is -2.33. The number of piperidine rings is 1. The lowest BCUT2D eigenvalue weighted by molar-refractivity contribution is -0.384. The van der Waals surface area contributed by atoms with E-state index in [-0.39, 0.29) is 23.1 Å². The highest BCUT2D eigenvalue weighted by molar-refractivity contribution is 6.32. The molecule has 5 nitrogen and oxygen atoms in total. The van der Waals surface area contributed by atoms with Crippen LogP contribution in [-0.2, 0) is 0 Å². The third-order valence-electron chi connectivity index (χ3n) is 3.00. The number of nitrogens with zero attached hydrogens (tertiary/aromatic N) is 1. The van der Waals surface area contributed by atoms with Gasteiger partial charge in [0.05, 0.1) is 16.6 Å². The predicted molar refractivity (Wildman–Crippen MR) is 76.4 cm³/mol. The van der Waals surface area contributed by atoms with Crippen LogP contribution in [0.15, 0.2) is 18.2 Å². The fraction of sp³-hybridized carbons (Fsp3) is 0.500. The maximum Gasteiger partial charge on any atom is 0.271 e. The summed E-state index contributed by atoms with van der Waals surface area (Å²) >= 11 is 5.95. The van der Waals surface area contributed by atoms with Gasteiger partial charge in [0.1, 0.15) is 5.75 Å². The minimum absolute atomic E-state index is 0. The second kappa shape index (κ2) is 7.53. The number of nitro benzene ring substituents is 1. The zero-order valence-electron chi connectivity index (χ0n) is 10.3. The number of non-ortho nitro benzene ring substituents is 1. The summed E-state index contributed by atoms with van der Waals surface area (Å²) in [5.41, 5.74) is -0.0216. The normalized spacial score (nSPS) is 18.5. The van der Waals surface area contributed by atoms with E-state index in [4.69, 9.17) is 16.3 Å². The largest absolute Gasteiger partial charge is 0.492 e. The van der Waals surface area contributed by atoms with Gasteiger partial charge in [0.2, 0.25) is 0 Å². The van der Waals surface area contributed by atoms with Gasteiger partial charge in [0, 0.05) is 24.6 Å². The van der Waals surface area contributed by atoms with Gasteiger partial charge < -0.3 is 10.1 Å². The third kappa shape index (κ3) is 4.53. The molecule has 0 saturated carbocycles. The van der Waals surface area contributed by atoms with Crippen LogP contribution in [0.2, 0.25) is 5.02 Å². The van der Waals surface area contributed by atoms with Crippen molar-refractivity contribution in [2.45, 2.75) is 12.8 Å². The Kier molecular flexibility index (Phi) is 6.34. The molecule has 7 heteroatoms. The molecular formula is C12H16Cl2N2O3. The van der Waals surface area contributed by atoms with Crippen LogP contribution < -0.4 is 10.1 Å². The standard InChI is InChI=1S/C12H15ClN2O3.ClH/c13-11-6-10(15(16)17)3-4-12(11)18-8-9-2-1-5-14-7-9;/h3-4,6,9,14H,1-2,5,7-8H2;1H. The number of rotatable bonds is 4. The van der Waals surface area contributed by atoms with Gasteiger partial charge in [-0.05, 0) is 25.5 Å². The van der Waals surface area contributed by atoms with Crippen molar-refractivity contribution in [1.82, 2.24) is 5.32 Å². The van der Waals surface area contributed by atoms with Gasteiger partial charge in [-0.15, -0.1) is 12.4 Å². The third-order valence-corrected chi connectivity index (χ3v) is 3.30. The Morgan fingerprint density at radius 3 is 2.89 bits per heavy atom. The van der Waals surface area contributed by atoms with Crippen molar-refractivity contribution in [2.75, 3.05) is 19.7 Å². The van der Waals surface area contributed by atoms with E-state index < -0.39 is 4.92 Å². The van der Waals surface area contributed by atoms with Gasteiger partial charge in [-0.1, -0.05) is 11.6 Å². The van der Waals surface area contributed by atoms with E-state index in [1.165, 1.54) is 12.1 Å². The summed E-state index contributed by atoms with van der Waals surface area (Å²) in [6.45, 7) is 2.60.